The van der Waals surface area contributed by atoms with E-state index in [0.29, 0.717) is 16.9 Å². The maximum Gasteiger partial charge on any atom is 0.144 e. The van der Waals surface area contributed by atoms with Gasteiger partial charge >= 0.3 is 0 Å². The van der Waals surface area contributed by atoms with Crippen molar-refractivity contribution in [2.75, 3.05) is 0 Å². The lowest BCUT2D eigenvalue weighted by Gasteiger charge is -2.13. The summed E-state index contributed by atoms with van der Waals surface area (Å²) >= 11 is 6.17. The van der Waals surface area contributed by atoms with Crippen LogP contribution in [0.2, 0.25) is 5.02 Å². The molecule has 1 fully saturated rings. The Bertz CT molecular complexity index is 409. The standard InChI is InChI=1S/C14H20ClN3/c15-13-10-6-5-9-12(13)14(18-16)17-11-7-3-1-2-4-8-11/h5-6,9-11H,1-4,7-8,16H2,(H,17,18). The van der Waals surface area contributed by atoms with Gasteiger partial charge in [0.05, 0.1) is 11.1 Å². The quantitative estimate of drug-likeness (QED) is 0.283. The molecule has 1 aromatic rings. The fourth-order valence-electron chi connectivity index (χ4n) is 2.41. The molecule has 0 radical (unpaired) electrons. The number of hydrogen-bond donors (Lipinski definition) is 2. The summed E-state index contributed by atoms with van der Waals surface area (Å²) in [5.74, 6) is 6.29. The first-order chi connectivity index (χ1) is 8.81. The number of aliphatic imine (C=N–C) groups is 1. The lowest BCUT2D eigenvalue weighted by molar-refractivity contribution is 0.583. The number of rotatable bonds is 2. The van der Waals surface area contributed by atoms with Gasteiger partial charge in [0.1, 0.15) is 5.84 Å². The van der Waals surface area contributed by atoms with Crippen LogP contribution in [0.25, 0.3) is 0 Å². The van der Waals surface area contributed by atoms with Gasteiger partial charge in [-0.2, -0.15) is 0 Å². The Balaban J connectivity index is 2.19. The van der Waals surface area contributed by atoms with Crippen LogP contribution in [0, 0.1) is 0 Å². The van der Waals surface area contributed by atoms with Gasteiger partial charge in [0.2, 0.25) is 0 Å². The molecule has 0 saturated heterocycles. The van der Waals surface area contributed by atoms with Gasteiger partial charge in [-0.15, -0.1) is 0 Å². The Hall–Kier alpha value is -1.06. The minimum Gasteiger partial charge on any atom is -0.308 e. The number of hydrazine groups is 1. The largest absolute Gasteiger partial charge is 0.308 e. The van der Waals surface area contributed by atoms with E-state index < -0.39 is 0 Å². The second-order valence-electron chi connectivity index (χ2n) is 4.75. The Morgan fingerprint density at radius 3 is 2.44 bits per heavy atom. The summed E-state index contributed by atoms with van der Waals surface area (Å²) in [6.07, 6.45) is 7.46. The number of benzene rings is 1. The van der Waals surface area contributed by atoms with Crippen LogP contribution >= 0.6 is 11.6 Å². The number of nitrogens with two attached hydrogens (primary N) is 1. The van der Waals surface area contributed by atoms with Crippen molar-refractivity contribution < 1.29 is 0 Å². The van der Waals surface area contributed by atoms with Crippen LogP contribution in [0.1, 0.15) is 44.1 Å². The first-order valence-electron chi connectivity index (χ1n) is 6.60. The molecule has 1 aromatic carbocycles. The van der Waals surface area contributed by atoms with E-state index in [1.54, 1.807) is 0 Å². The molecule has 2 rings (SSSR count). The van der Waals surface area contributed by atoms with Crippen molar-refractivity contribution in [2.24, 2.45) is 10.8 Å². The summed E-state index contributed by atoms with van der Waals surface area (Å²) < 4.78 is 0. The number of nitrogens with zero attached hydrogens (tertiary/aromatic N) is 1. The molecule has 3 nitrogen and oxygen atoms in total. The minimum absolute atomic E-state index is 0.370. The van der Waals surface area contributed by atoms with Gasteiger partial charge in [-0.05, 0) is 25.0 Å². The molecular weight excluding hydrogens is 246 g/mol. The number of halogens is 1. The average molecular weight is 266 g/mol. The van der Waals surface area contributed by atoms with Gasteiger partial charge in [-0.25, -0.2) is 5.84 Å². The summed E-state index contributed by atoms with van der Waals surface area (Å²) in [6.45, 7) is 0. The molecule has 1 saturated carbocycles. The van der Waals surface area contributed by atoms with Crippen molar-refractivity contribution in [3.8, 4) is 0 Å². The predicted molar refractivity (Wildman–Crippen MR) is 76.8 cm³/mol. The van der Waals surface area contributed by atoms with Crippen molar-refractivity contribution in [3.05, 3.63) is 34.9 Å². The van der Waals surface area contributed by atoms with E-state index in [9.17, 15) is 0 Å². The molecule has 18 heavy (non-hydrogen) atoms. The van der Waals surface area contributed by atoms with E-state index in [0.717, 1.165) is 18.4 Å². The SMILES string of the molecule is NNC(=NC1CCCCCC1)c1ccccc1Cl. The highest BCUT2D eigenvalue weighted by atomic mass is 35.5. The lowest BCUT2D eigenvalue weighted by atomic mass is 10.1. The van der Waals surface area contributed by atoms with Crippen LogP contribution in [-0.2, 0) is 0 Å². The highest BCUT2D eigenvalue weighted by molar-refractivity contribution is 6.34. The predicted octanol–water partition coefficient (Wildman–Crippen LogP) is 3.27. The van der Waals surface area contributed by atoms with Crippen molar-refractivity contribution in [3.63, 3.8) is 0 Å². The molecule has 0 bridgehead atoms. The van der Waals surface area contributed by atoms with Gasteiger partial charge in [-0.3, -0.25) is 4.99 Å². The fraction of sp³-hybridized carbons (Fsp3) is 0.500. The summed E-state index contributed by atoms with van der Waals surface area (Å²) in [5.41, 5.74) is 3.57. The fourth-order valence-corrected chi connectivity index (χ4v) is 2.63. The van der Waals surface area contributed by atoms with Crippen LogP contribution in [0.4, 0.5) is 0 Å². The molecule has 0 aliphatic heterocycles. The topological polar surface area (TPSA) is 50.4 Å². The molecule has 0 atom stereocenters. The second-order valence-corrected chi connectivity index (χ2v) is 5.15. The van der Waals surface area contributed by atoms with Crippen molar-refractivity contribution >= 4 is 17.4 Å². The van der Waals surface area contributed by atoms with Crippen molar-refractivity contribution in [1.29, 1.82) is 0 Å². The first-order valence-corrected chi connectivity index (χ1v) is 6.98. The van der Waals surface area contributed by atoms with Gasteiger partial charge in [0.15, 0.2) is 0 Å². The van der Waals surface area contributed by atoms with Crippen LogP contribution < -0.4 is 11.3 Å². The summed E-state index contributed by atoms with van der Waals surface area (Å²) in [4.78, 5) is 4.74. The molecule has 1 aliphatic rings. The molecule has 0 aromatic heterocycles. The summed E-state index contributed by atoms with van der Waals surface area (Å²) in [6, 6.07) is 8.02. The lowest BCUT2D eigenvalue weighted by Crippen LogP contribution is -2.32. The van der Waals surface area contributed by atoms with E-state index in [4.69, 9.17) is 22.4 Å². The molecule has 98 valence electrons. The van der Waals surface area contributed by atoms with Gasteiger partial charge in [0, 0.05) is 5.56 Å². The smallest absolute Gasteiger partial charge is 0.144 e. The molecular formula is C14H20ClN3. The van der Waals surface area contributed by atoms with Crippen molar-refractivity contribution in [2.45, 2.75) is 44.6 Å². The molecule has 0 spiro atoms. The summed E-state index contributed by atoms with van der Waals surface area (Å²) in [5, 5.41) is 0.683. The van der Waals surface area contributed by atoms with E-state index in [2.05, 4.69) is 5.43 Å². The van der Waals surface area contributed by atoms with Gasteiger partial charge in [-0.1, -0.05) is 49.4 Å². The van der Waals surface area contributed by atoms with E-state index in [1.807, 2.05) is 24.3 Å². The number of amidine groups is 1. The Labute approximate surface area is 113 Å². The van der Waals surface area contributed by atoms with Crippen LogP contribution in [0.15, 0.2) is 29.3 Å². The summed E-state index contributed by atoms with van der Waals surface area (Å²) in [7, 11) is 0. The maximum absolute atomic E-state index is 6.17. The maximum atomic E-state index is 6.17. The minimum atomic E-state index is 0.370. The third-order valence-electron chi connectivity index (χ3n) is 3.40. The number of hydrogen-bond acceptors (Lipinski definition) is 2. The zero-order chi connectivity index (χ0) is 12.8. The molecule has 0 amide bonds. The zero-order valence-corrected chi connectivity index (χ0v) is 11.3. The zero-order valence-electron chi connectivity index (χ0n) is 10.5. The van der Waals surface area contributed by atoms with Gasteiger partial charge < -0.3 is 5.43 Å². The van der Waals surface area contributed by atoms with Gasteiger partial charge in [0.25, 0.3) is 0 Å². The van der Waals surface area contributed by atoms with E-state index >= 15 is 0 Å². The Morgan fingerprint density at radius 2 is 1.83 bits per heavy atom. The third-order valence-corrected chi connectivity index (χ3v) is 3.73. The van der Waals surface area contributed by atoms with Crippen LogP contribution in [-0.4, -0.2) is 11.9 Å². The molecule has 0 unspecified atom stereocenters. The van der Waals surface area contributed by atoms with Crippen LogP contribution in [0.3, 0.4) is 0 Å². The first kappa shape index (κ1) is 13.4. The molecule has 3 N–H and O–H groups in total. The van der Waals surface area contributed by atoms with Crippen LogP contribution in [0.5, 0.6) is 0 Å². The highest BCUT2D eigenvalue weighted by Crippen LogP contribution is 2.21. The highest BCUT2D eigenvalue weighted by Gasteiger charge is 2.13. The molecule has 1 aliphatic carbocycles. The Morgan fingerprint density at radius 1 is 1.17 bits per heavy atom. The van der Waals surface area contributed by atoms with Crippen molar-refractivity contribution in [1.82, 2.24) is 5.43 Å². The Kier molecular flexibility index (Phi) is 5.02. The normalized spacial score (nSPS) is 18.4. The monoisotopic (exact) mass is 265 g/mol. The second kappa shape index (κ2) is 6.76. The average Bonchev–Trinajstić information content (AvgIpc) is 2.65. The number of nitrogens with one attached hydrogen (secondary N) is 1. The van der Waals surface area contributed by atoms with E-state index in [1.165, 1.54) is 25.7 Å². The van der Waals surface area contributed by atoms with E-state index in [-0.39, 0.29) is 0 Å². The molecule has 4 heteroatoms. The third kappa shape index (κ3) is 3.47. The molecule has 0 heterocycles.